The molecule has 1 aromatic heterocycles. The molecule has 0 unspecified atom stereocenters. The van der Waals surface area contributed by atoms with E-state index in [4.69, 9.17) is 4.74 Å². The zero-order chi connectivity index (χ0) is 21.0. The number of pyridine rings is 1. The Bertz CT molecular complexity index is 985. The fourth-order valence-electron chi connectivity index (χ4n) is 2.83. The predicted molar refractivity (Wildman–Crippen MR) is 98.8 cm³/mol. The van der Waals surface area contributed by atoms with Crippen LogP contribution >= 0.6 is 0 Å². The Balaban J connectivity index is 1.48. The lowest BCUT2D eigenvalue weighted by molar-refractivity contribution is -0.137. The van der Waals surface area contributed by atoms with Crippen LogP contribution in [0.1, 0.15) is 30.4 Å². The van der Waals surface area contributed by atoms with Crippen molar-refractivity contribution in [1.82, 2.24) is 4.98 Å². The van der Waals surface area contributed by atoms with Gasteiger partial charge in [0.25, 0.3) is 5.56 Å². The van der Waals surface area contributed by atoms with Gasteiger partial charge < -0.3 is 20.4 Å². The lowest BCUT2D eigenvalue weighted by atomic mass is 10.0. The van der Waals surface area contributed by atoms with Crippen LogP contribution in [0.25, 0.3) is 0 Å². The van der Waals surface area contributed by atoms with Crippen molar-refractivity contribution in [2.75, 3.05) is 17.2 Å². The van der Waals surface area contributed by atoms with E-state index in [-0.39, 0.29) is 18.9 Å². The Kier molecular flexibility index (Phi) is 5.90. The first-order valence-electron chi connectivity index (χ1n) is 8.88. The number of carbonyl (C=O) groups is 2. The summed E-state index contributed by atoms with van der Waals surface area (Å²) in [4.78, 5) is 36.8. The number of aromatic nitrogens is 1. The Morgan fingerprint density at radius 3 is 2.72 bits per heavy atom. The minimum Gasteiger partial charge on any atom is -0.494 e. The first-order chi connectivity index (χ1) is 13.7. The fraction of sp³-hybridized carbons (Fsp3) is 0.316. The van der Waals surface area contributed by atoms with Crippen molar-refractivity contribution in [2.45, 2.75) is 31.9 Å². The highest BCUT2D eigenvalue weighted by atomic mass is 19.4. The van der Waals surface area contributed by atoms with Crippen molar-refractivity contribution < 1.29 is 27.5 Å². The number of amides is 2. The minimum atomic E-state index is -4.63. The smallest absolute Gasteiger partial charge is 0.417 e. The zero-order valence-electron chi connectivity index (χ0n) is 15.2. The average Bonchev–Trinajstić information content (AvgIpc) is 2.66. The van der Waals surface area contributed by atoms with Crippen molar-refractivity contribution in [1.29, 1.82) is 0 Å². The molecule has 1 aromatic carbocycles. The van der Waals surface area contributed by atoms with Gasteiger partial charge in [-0.2, -0.15) is 13.2 Å². The third kappa shape index (κ3) is 5.37. The molecule has 3 N–H and O–H groups in total. The molecule has 0 bridgehead atoms. The zero-order valence-corrected chi connectivity index (χ0v) is 15.2. The molecule has 7 nitrogen and oxygen atoms in total. The van der Waals surface area contributed by atoms with Gasteiger partial charge in [0.05, 0.1) is 12.2 Å². The average molecular weight is 409 g/mol. The molecule has 1 aliphatic rings. The summed E-state index contributed by atoms with van der Waals surface area (Å²) in [6, 6.07) is 5.86. The van der Waals surface area contributed by atoms with Crippen LogP contribution in [0.2, 0.25) is 0 Å². The summed E-state index contributed by atoms with van der Waals surface area (Å²) in [7, 11) is 0. The van der Waals surface area contributed by atoms with Crippen LogP contribution < -0.4 is 20.9 Å². The van der Waals surface area contributed by atoms with Crippen molar-refractivity contribution in [2.24, 2.45) is 0 Å². The molecular weight excluding hydrogens is 391 g/mol. The lowest BCUT2D eigenvalue weighted by Gasteiger charge is -2.17. The van der Waals surface area contributed by atoms with E-state index < -0.39 is 28.9 Å². The second-order valence-corrected chi connectivity index (χ2v) is 6.50. The lowest BCUT2D eigenvalue weighted by Crippen LogP contribution is -2.21. The second kappa shape index (κ2) is 8.38. The van der Waals surface area contributed by atoms with Crippen LogP contribution in [0.3, 0.4) is 0 Å². The van der Waals surface area contributed by atoms with Crippen LogP contribution in [-0.2, 0) is 22.2 Å². The number of halogens is 3. The highest BCUT2D eigenvalue weighted by Crippen LogP contribution is 2.29. The number of aromatic amines is 1. The Labute approximate surface area is 163 Å². The van der Waals surface area contributed by atoms with Gasteiger partial charge in [-0.05, 0) is 42.7 Å². The van der Waals surface area contributed by atoms with Gasteiger partial charge in [-0.1, -0.05) is 0 Å². The van der Waals surface area contributed by atoms with Crippen molar-refractivity contribution in [3.05, 3.63) is 51.9 Å². The van der Waals surface area contributed by atoms with E-state index in [1.807, 2.05) is 11.1 Å². The maximum atomic E-state index is 12.7. The molecule has 0 aliphatic carbocycles. The SMILES string of the molecule is O=C1CCc2cc(OCCCC(=O)Nc3cc(C(F)(F)F)c[nH]c3=O)ccc2N1. The van der Waals surface area contributed by atoms with E-state index in [2.05, 4.69) is 10.6 Å². The van der Waals surface area contributed by atoms with E-state index in [1.165, 1.54) is 0 Å². The van der Waals surface area contributed by atoms with E-state index in [9.17, 15) is 27.6 Å². The molecule has 29 heavy (non-hydrogen) atoms. The summed E-state index contributed by atoms with van der Waals surface area (Å²) in [6.45, 7) is 0.206. The number of hydrogen-bond acceptors (Lipinski definition) is 4. The van der Waals surface area contributed by atoms with Gasteiger partial charge in [-0.15, -0.1) is 0 Å². The molecular formula is C19H18F3N3O4. The minimum absolute atomic E-state index is 0.0308. The molecule has 3 rings (SSSR count). The Morgan fingerprint density at radius 1 is 1.17 bits per heavy atom. The van der Waals surface area contributed by atoms with Crippen LogP contribution in [0, 0.1) is 0 Å². The Morgan fingerprint density at radius 2 is 1.97 bits per heavy atom. The van der Waals surface area contributed by atoms with Gasteiger partial charge in [-0.25, -0.2) is 0 Å². The number of rotatable bonds is 6. The first-order valence-corrected chi connectivity index (χ1v) is 8.88. The highest BCUT2D eigenvalue weighted by molar-refractivity contribution is 5.94. The van der Waals surface area contributed by atoms with Gasteiger partial charge in [-0.3, -0.25) is 14.4 Å². The standard InChI is InChI=1S/C19H18F3N3O4/c20-19(21,22)12-9-15(18(28)23-10-12)25-16(26)2-1-7-29-13-4-5-14-11(8-13)3-6-17(27)24-14/h4-5,8-10H,1-3,6-7H2,(H,23,28)(H,24,27)(H,25,26). The summed E-state index contributed by atoms with van der Waals surface area (Å²) in [5, 5.41) is 4.95. The summed E-state index contributed by atoms with van der Waals surface area (Å²) in [6.07, 6.45) is -2.78. The van der Waals surface area contributed by atoms with Crippen molar-refractivity contribution in [3.8, 4) is 5.75 Å². The molecule has 0 atom stereocenters. The molecule has 2 amide bonds. The number of hydrogen-bond donors (Lipinski definition) is 3. The molecule has 0 spiro atoms. The monoisotopic (exact) mass is 409 g/mol. The van der Waals surface area contributed by atoms with Gasteiger partial charge in [0, 0.05) is 24.7 Å². The topological polar surface area (TPSA) is 100 Å². The van der Waals surface area contributed by atoms with E-state index in [0.717, 1.165) is 11.3 Å². The summed E-state index contributed by atoms with van der Waals surface area (Å²) < 4.78 is 43.7. The van der Waals surface area contributed by atoms with E-state index >= 15 is 0 Å². The predicted octanol–water partition coefficient (Wildman–Crippen LogP) is 3.08. The fourth-order valence-corrected chi connectivity index (χ4v) is 2.83. The molecule has 0 saturated carbocycles. The molecule has 10 heteroatoms. The summed E-state index contributed by atoms with van der Waals surface area (Å²) >= 11 is 0. The van der Waals surface area contributed by atoms with Gasteiger partial charge >= 0.3 is 6.18 Å². The van der Waals surface area contributed by atoms with Gasteiger partial charge in [0.2, 0.25) is 11.8 Å². The maximum Gasteiger partial charge on any atom is 0.417 e. The van der Waals surface area contributed by atoms with Crippen LogP contribution in [0.5, 0.6) is 5.75 Å². The van der Waals surface area contributed by atoms with E-state index in [1.54, 1.807) is 12.1 Å². The van der Waals surface area contributed by atoms with Crippen molar-refractivity contribution >= 4 is 23.2 Å². The maximum absolute atomic E-state index is 12.7. The number of aryl methyl sites for hydroxylation is 1. The van der Waals surface area contributed by atoms with Crippen LogP contribution in [0.15, 0.2) is 35.3 Å². The number of anilines is 2. The number of H-pyrrole nitrogens is 1. The number of ether oxygens (including phenoxy) is 1. The van der Waals surface area contributed by atoms with Crippen molar-refractivity contribution in [3.63, 3.8) is 0 Å². The normalized spacial score (nSPS) is 13.4. The number of nitrogens with one attached hydrogen (secondary N) is 3. The third-order valence-electron chi connectivity index (χ3n) is 4.29. The number of alkyl halides is 3. The van der Waals surface area contributed by atoms with Crippen LogP contribution in [0.4, 0.5) is 24.5 Å². The molecule has 154 valence electrons. The third-order valence-corrected chi connectivity index (χ3v) is 4.29. The Hall–Kier alpha value is -3.30. The van der Waals surface area contributed by atoms with Gasteiger partial charge in [0.1, 0.15) is 11.4 Å². The molecule has 1 aliphatic heterocycles. The second-order valence-electron chi connectivity index (χ2n) is 6.50. The summed E-state index contributed by atoms with van der Waals surface area (Å²) in [5.41, 5.74) is -0.617. The summed E-state index contributed by atoms with van der Waals surface area (Å²) in [5.74, 6) is -0.0296. The highest BCUT2D eigenvalue weighted by Gasteiger charge is 2.31. The molecule has 0 radical (unpaired) electrons. The number of fused-ring (bicyclic) bond motifs is 1. The first kappa shape index (κ1) is 20.4. The van der Waals surface area contributed by atoms with Gasteiger partial charge in [0.15, 0.2) is 0 Å². The molecule has 0 fully saturated rings. The largest absolute Gasteiger partial charge is 0.494 e. The molecule has 0 saturated heterocycles. The molecule has 2 heterocycles. The van der Waals surface area contributed by atoms with E-state index in [0.29, 0.717) is 37.3 Å². The van der Waals surface area contributed by atoms with Crippen LogP contribution in [-0.4, -0.2) is 23.4 Å². The molecule has 2 aromatic rings. The quantitative estimate of drug-likeness (QED) is 0.639. The number of carbonyl (C=O) groups excluding carboxylic acids is 2. The number of benzene rings is 1.